The third kappa shape index (κ3) is 2.25. The second-order valence-corrected chi connectivity index (χ2v) is 5.06. The Bertz CT molecular complexity index is 757. The molecule has 104 valence electrons. The third-order valence-electron chi connectivity index (χ3n) is 3.70. The molecule has 1 heterocycles. The summed E-state index contributed by atoms with van der Waals surface area (Å²) in [6.45, 7) is 7.41. The molecule has 1 aromatic heterocycles. The Morgan fingerprint density at radius 1 is 1.05 bits per heavy atom. The van der Waals surface area contributed by atoms with Crippen LogP contribution in [-0.2, 0) is 0 Å². The molecule has 1 aromatic carbocycles. The molecule has 0 amide bonds. The van der Waals surface area contributed by atoms with Crippen LogP contribution in [0.25, 0.3) is 5.69 Å². The van der Waals surface area contributed by atoms with Gasteiger partial charge in [0.15, 0.2) is 0 Å². The van der Waals surface area contributed by atoms with Gasteiger partial charge in [-0.25, -0.2) is 4.79 Å². The summed E-state index contributed by atoms with van der Waals surface area (Å²) in [6.07, 6.45) is 1.69. The average Bonchev–Trinajstić information content (AvgIpc) is 2.37. The molecule has 0 aliphatic carbocycles. The van der Waals surface area contributed by atoms with Crippen LogP contribution in [0.1, 0.15) is 32.6 Å². The molecule has 4 nitrogen and oxygen atoms in total. The lowest BCUT2D eigenvalue weighted by atomic mass is 10.1. The largest absolute Gasteiger partial charge is 0.477 e. The van der Waals surface area contributed by atoms with Crippen LogP contribution < -0.4 is 5.56 Å². The van der Waals surface area contributed by atoms with Crippen LogP contribution in [0.5, 0.6) is 0 Å². The van der Waals surface area contributed by atoms with Gasteiger partial charge in [-0.2, -0.15) is 0 Å². The summed E-state index contributed by atoms with van der Waals surface area (Å²) in [4.78, 5) is 23.6. The van der Waals surface area contributed by atoms with Crippen molar-refractivity contribution in [3.63, 3.8) is 0 Å². The van der Waals surface area contributed by atoms with Crippen molar-refractivity contribution in [2.24, 2.45) is 0 Å². The predicted octanol–water partition coefficient (Wildman–Crippen LogP) is 2.77. The number of benzene rings is 1. The van der Waals surface area contributed by atoms with E-state index in [0.717, 1.165) is 16.7 Å². The zero-order valence-corrected chi connectivity index (χ0v) is 12.0. The molecular formula is C16H17NO3. The second kappa shape index (κ2) is 4.96. The van der Waals surface area contributed by atoms with E-state index in [4.69, 9.17) is 0 Å². The molecule has 2 aromatic rings. The van der Waals surface area contributed by atoms with Gasteiger partial charge < -0.3 is 5.11 Å². The van der Waals surface area contributed by atoms with Crippen LogP contribution in [-0.4, -0.2) is 15.6 Å². The van der Waals surface area contributed by atoms with Crippen LogP contribution in [0.2, 0.25) is 0 Å². The molecule has 0 aliphatic rings. The van der Waals surface area contributed by atoms with Gasteiger partial charge in [-0.1, -0.05) is 6.07 Å². The maximum Gasteiger partial charge on any atom is 0.341 e. The number of aryl methyl sites for hydroxylation is 3. The molecule has 0 spiro atoms. The van der Waals surface area contributed by atoms with Crippen LogP contribution in [0, 0.1) is 27.7 Å². The SMILES string of the molecule is Cc1ccc(-n2cc(C)c(C)c(C(=O)O)c2=O)cc1C. The highest BCUT2D eigenvalue weighted by Gasteiger charge is 2.17. The second-order valence-electron chi connectivity index (χ2n) is 5.06. The first-order chi connectivity index (χ1) is 9.32. The average molecular weight is 271 g/mol. The van der Waals surface area contributed by atoms with E-state index in [1.54, 1.807) is 20.0 Å². The fourth-order valence-electron chi connectivity index (χ4n) is 2.15. The summed E-state index contributed by atoms with van der Waals surface area (Å²) in [5.41, 5.74) is 3.51. The lowest BCUT2D eigenvalue weighted by molar-refractivity contribution is 0.0693. The molecule has 0 unspecified atom stereocenters. The van der Waals surface area contributed by atoms with Crippen molar-refractivity contribution in [1.82, 2.24) is 4.57 Å². The maximum atomic E-state index is 12.4. The van der Waals surface area contributed by atoms with Crippen LogP contribution >= 0.6 is 0 Å². The number of rotatable bonds is 2. The summed E-state index contributed by atoms with van der Waals surface area (Å²) in [5.74, 6) is -1.19. The van der Waals surface area contributed by atoms with Crippen LogP contribution in [0.15, 0.2) is 29.2 Å². The number of pyridine rings is 1. The van der Waals surface area contributed by atoms with Crippen LogP contribution in [0.4, 0.5) is 0 Å². The minimum Gasteiger partial charge on any atom is -0.477 e. The highest BCUT2D eigenvalue weighted by molar-refractivity contribution is 5.89. The minimum absolute atomic E-state index is 0.164. The normalized spacial score (nSPS) is 10.6. The predicted molar refractivity (Wildman–Crippen MR) is 77.9 cm³/mol. The topological polar surface area (TPSA) is 59.3 Å². The molecule has 0 saturated heterocycles. The van der Waals surface area contributed by atoms with Gasteiger partial charge in [0, 0.05) is 11.9 Å². The molecule has 4 heteroatoms. The zero-order chi connectivity index (χ0) is 15.0. The highest BCUT2D eigenvalue weighted by atomic mass is 16.4. The Labute approximate surface area is 117 Å². The van der Waals surface area contributed by atoms with E-state index in [9.17, 15) is 14.7 Å². The Hall–Kier alpha value is -2.36. The summed E-state index contributed by atoms with van der Waals surface area (Å²) in [7, 11) is 0. The molecule has 20 heavy (non-hydrogen) atoms. The molecule has 0 saturated carbocycles. The summed E-state index contributed by atoms with van der Waals surface area (Å²) >= 11 is 0. The zero-order valence-electron chi connectivity index (χ0n) is 12.0. The molecule has 0 fully saturated rings. The first-order valence-corrected chi connectivity index (χ1v) is 6.36. The fraction of sp³-hybridized carbons (Fsp3) is 0.250. The van der Waals surface area contributed by atoms with Gasteiger partial charge >= 0.3 is 5.97 Å². The Morgan fingerprint density at radius 2 is 1.70 bits per heavy atom. The maximum absolute atomic E-state index is 12.4. The summed E-state index contributed by atoms with van der Waals surface area (Å²) in [6, 6.07) is 5.63. The van der Waals surface area contributed by atoms with Gasteiger partial charge in [0.05, 0.1) is 0 Å². The Morgan fingerprint density at radius 3 is 2.25 bits per heavy atom. The van der Waals surface area contributed by atoms with Crippen LogP contribution in [0.3, 0.4) is 0 Å². The van der Waals surface area contributed by atoms with E-state index >= 15 is 0 Å². The van der Waals surface area contributed by atoms with Crippen molar-refractivity contribution in [2.45, 2.75) is 27.7 Å². The molecule has 0 atom stereocenters. The molecule has 0 radical (unpaired) electrons. The van der Waals surface area contributed by atoms with E-state index < -0.39 is 11.5 Å². The lowest BCUT2D eigenvalue weighted by Gasteiger charge is -2.12. The van der Waals surface area contributed by atoms with Crippen molar-refractivity contribution in [1.29, 1.82) is 0 Å². The lowest BCUT2D eigenvalue weighted by Crippen LogP contribution is -2.27. The van der Waals surface area contributed by atoms with Gasteiger partial charge in [-0.3, -0.25) is 9.36 Å². The van der Waals surface area contributed by atoms with E-state index in [1.165, 1.54) is 4.57 Å². The molecule has 2 rings (SSSR count). The van der Waals surface area contributed by atoms with E-state index in [0.29, 0.717) is 11.3 Å². The van der Waals surface area contributed by atoms with E-state index in [2.05, 4.69) is 0 Å². The molecule has 1 N–H and O–H groups in total. The number of carboxylic acid groups (broad SMARTS) is 1. The highest BCUT2D eigenvalue weighted by Crippen LogP contribution is 2.16. The number of nitrogens with zero attached hydrogens (tertiary/aromatic N) is 1. The van der Waals surface area contributed by atoms with E-state index in [1.807, 2.05) is 32.0 Å². The first-order valence-electron chi connectivity index (χ1n) is 6.36. The third-order valence-corrected chi connectivity index (χ3v) is 3.70. The van der Waals surface area contributed by atoms with Crippen molar-refractivity contribution >= 4 is 5.97 Å². The van der Waals surface area contributed by atoms with Gasteiger partial charge in [0.1, 0.15) is 5.56 Å². The minimum atomic E-state index is -1.19. The number of hydrogen-bond acceptors (Lipinski definition) is 2. The monoisotopic (exact) mass is 271 g/mol. The molecule has 0 aliphatic heterocycles. The standard InChI is InChI=1S/C16H17NO3/c1-9-5-6-13(7-10(9)2)17-8-11(3)12(4)14(15(17)18)16(19)20/h5-8H,1-4H3,(H,19,20). The smallest absolute Gasteiger partial charge is 0.341 e. The van der Waals surface area contributed by atoms with Gasteiger partial charge in [0.2, 0.25) is 0 Å². The van der Waals surface area contributed by atoms with E-state index in [-0.39, 0.29) is 5.56 Å². The van der Waals surface area contributed by atoms with Crippen molar-refractivity contribution in [2.75, 3.05) is 0 Å². The number of aromatic carboxylic acids is 1. The number of carboxylic acids is 1. The molecular weight excluding hydrogens is 254 g/mol. The number of carbonyl (C=O) groups is 1. The fourth-order valence-corrected chi connectivity index (χ4v) is 2.15. The molecule has 0 bridgehead atoms. The Kier molecular flexibility index (Phi) is 3.49. The first kappa shape index (κ1) is 14.1. The van der Waals surface area contributed by atoms with Gasteiger partial charge in [0.25, 0.3) is 5.56 Å². The van der Waals surface area contributed by atoms with Gasteiger partial charge in [-0.15, -0.1) is 0 Å². The number of aromatic nitrogens is 1. The van der Waals surface area contributed by atoms with Crippen molar-refractivity contribution in [3.8, 4) is 5.69 Å². The number of hydrogen-bond donors (Lipinski definition) is 1. The Balaban J connectivity index is 2.78. The van der Waals surface area contributed by atoms with Gasteiger partial charge in [-0.05, 0) is 62.1 Å². The quantitative estimate of drug-likeness (QED) is 0.913. The van der Waals surface area contributed by atoms with Crippen molar-refractivity contribution < 1.29 is 9.90 Å². The summed E-state index contributed by atoms with van der Waals surface area (Å²) in [5, 5.41) is 9.23. The summed E-state index contributed by atoms with van der Waals surface area (Å²) < 4.78 is 1.40. The van der Waals surface area contributed by atoms with Crippen molar-refractivity contribution in [3.05, 3.63) is 62.6 Å².